The molecule has 1 aromatic carbocycles. The first-order valence-electron chi connectivity index (χ1n) is 12.8. The Hall–Kier alpha value is -4.29. The lowest BCUT2D eigenvalue weighted by Gasteiger charge is -2.25. The van der Waals surface area contributed by atoms with Gasteiger partial charge in [-0.3, -0.25) is 4.79 Å². The smallest absolute Gasteiger partial charge is 0.256 e. The zero-order valence-corrected chi connectivity index (χ0v) is 21.7. The van der Waals surface area contributed by atoms with Crippen molar-refractivity contribution in [3.63, 3.8) is 0 Å². The summed E-state index contributed by atoms with van der Waals surface area (Å²) in [6.07, 6.45) is 7.01. The fraction of sp³-hybridized carbons (Fsp3) is 0.345. The maximum Gasteiger partial charge on any atom is 0.256 e. The predicted molar refractivity (Wildman–Crippen MR) is 147 cm³/mol. The molecule has 4 N–H and O–H groups in total. The molecule has 1 aliphatic rings. The van der Waals surface area contributed by atoms with Gasteiger partial charge in [0.2, 0.25) is 5.95 Å². The van der Waals surface area contributed by atoms with Crippen LogP contribution in [0.15, 0.2) is 61.3 Å². The molecular formula is C29H33N7O2. The van der Waals surface area contributed by atoms with E-state index in [-0.39, 0.29) is 23.2 Å². The summed E-state index contributed by atoms with van der Waals surface area (Å²) in [5.74, 6) is 1.32. The van der Waals surface area contributed by atoms with Crippen LogP contribution in [0.25, 0.3) is 0 Å². The van der Waals surface area contributed by atoms with E-state index in [1.54, 1.807) is 38.1 Å². The quantitative estimate of drug-likeness (QED) is 0.284. The predicted octanol–water partition coefficient (Wildman–Crippen LogP) is 5.30. The first kappa shape index (κ1) is 26.8. The van der Waals surface area contributed by atoms with Gasteiger partial charge >= 0.3 is 0 Å². The number of pyridine rings is 1. The van der Waals surface area contributed by atoms with Crippen molar-refractivity contribution in [3.8, 4) is 6.07 Å². The average molecular weight is 512 g/mol. The van der Waals surface area contributed by atoms with Crippen LogP contribution in [0.4, 0.5) is 23.3 Å². The Kier molecular flexibility index (Phi) is 8.34. The van der Waals surface area contributed by atoms with E-state index < -0.39 is 5.60 Å². The van der Waals surface area contributed by atoms with Crippen molar-refractivity contribution in [1.82, 2.24) is 20.3 Å². The maximum absolute atomic E-state index is 12.8. The molecule has 0 spiro atoms. The molecule has 3 aromatic rings. The zero-order valence-electron chi connectivity index (χ0n) is 21.7. The van der Waals surface area contributed by atoms with Crippen LogP contribution in [-0.2, 0) is 5.60 Å². The second kappa shape index (κ2) is 11.8. The molecule has 0 saturated heterocycles. The third-order valence-corrected chi connectivity index (χ3v) is 6.61. The Labute approximate surface area is 223 Å². The summed E-state index contributed by atoms with van der Waals surface area (Å²) in [6.45, 7) is 7.25. The van der Waals surface area contributed by atoms with Crippen LogP contribution in [0.2, 0.25) is 0 Å². The third-order valence-electron chi connectivity index (χ3n) is 6.61. The Balaban J connectivity index is 1.54. The van der Waals surface area contributed by atoms with Gasteiger partial charge in [0.1, 0.15) is 22.8 Å². The highest BCUT2D eigenvalue weighted by atomic mass is 16.3. The van der Waals surface area contributed by atoms with Gasteiger partial charge in [-0.2, -0.15) is 10.2 Å². The third kappa shape index (κ3) is 6.72. The van der Waals surface area contributed by atoms with Crippen LogP contribution in [0.5, 0.6) is 0 Å². The fourth-order valence-electron chi connectivity index (χ4n) is 4.45. The Morgan fingerprint density at radius 3 is 2.53 bits per heavy atom. The van der Waals surface area contributed by atoms with Crippen molar-refractivity contribution in [2.45, 2.75) is 51.0 Å². The highest BCUT2D eigenvalue weighted by molar-refractivity contribution is 5.99. The minimum Gasteiger partial charge on any atom is -0.384 e. The molecule has 0 unspecified atom stereocenters. The van der Waals surface area contributed by atoms with Crippen molar-refractivity contribution in [2.75, 3.05) is 17.2 Å². The lowest BCUT2D eigenvalue weighted by Crippen LogP contribution is -2.25. The van der Waals surface area contributed by atoms with E-state index in [1.165, 1.54) is 11.8 Å². The number of anilines is 4. The Bertz CT molecular complexity index is 1320. The topological polar surface area (TPSA) is 136 Å². The average Bonchev–Trinajstić information content (AvgIpc) is 2.92. The summed E-state index contributed by atoms with van der Waals surface area (Å²) in [5, 5.41) is 28.5. The molecule has 196 valence electrons. The first-order valence-corrected chi connectivity index (χ1v) is 12.8. The van der Waals surface area contributed by atoms with Gasteiger partial charge < -0.3 is 21.1 Å². The largest absolute Gasteiger partial charge is 0.384 e. The van der Waals surface area contributed by atoms with E-state index in [0.29, 0.717) is 29.9 Å². The van der Waals surface area contributed by atoms with Crippen LogP contribution in [0.1, 0.15) is 67.1 Å². The van der Waals surface area contributed by atoms with Gasteiger partial charge in [-0.25, -0.2) is 9.97 Å². The van der Waals surface area contributed by atoms with E-state index in [1.807, 2.05) is 12.1 Å². The van der Waals surface area contributed by atoms with Gasteiger partial charge in [0.25, 0.3) is 5.91 Å². The highest BCUT2D eigenvalue weighted by Gasteiger charge is 2.22. The van der Waals surface area contributed by atoms with Crippen LogP contribution in [0, 0.1) is 17.2 Å². The van der Waals surface area contributed by atoms with Crippen molar-refractivity contribution < 1.29 is 9.90 Å². The van der Waals surface area contributed by atoms with E-state index in [4.69, 9.17) is 5.26 Å². The van der Waals surface area contributed by atoms with Crippen molar-refractivity contribution in [2.24, 2.45) is 5.92 Å². The molecular weight excluding hydrogens is 478 g/mol. The van der Waals surface area contributed by atoms with Crippen LogP contribution in [0.3, 0.4) is 0 Å². The van der Waals surface area contributed by atoms with E-state index in [0.717, 1.165) is 31.4 Å². The van der Waals surface area contributed by atoms with Gasteiger partial charge in [-0.05, 0) is 75.3 Å². The molecule has 1 fully saturated rings. The molecule has 1 aliphatic carbocycles. The minimum absolute atomic E-state index is 0.182. The van der Waals surface area contributed by atoms with Crippen molar-refractivity contribution in [1.29, 1.82) is 5.26 Å². The SMILES string of the molecule is C=CCNC(=O)c1cnc(Nc2ccc(C3CCC(C#N)CC3)cc2)nc1Nc1cccc(C(C)(C)O)n1. The van der Waals surface area contributed by atoms with Crippen LogP contribution < -0.4 is 16.0 Å². The molecule has 4 rings (SSSR count). The maximum atomic E-state index is 12.8. The number of benzene rings is 1. The number of carbonyl (C=O) groups is 1. The number of nitrogens with one attached hydrogen (secondary N) is 3. The summed E-state index contributed by atoms with van der Waals surface area (Å²) in [4.78, 5) is 26.1. The summed E-state index contributed by atoms with van der Waals surface area (Å²) >= 11 is 0. The molecule has 38 heavy (non-hydrogen) atoms. The number of carbonyl (C=O) groups excluding carboxylic acids is 1. The summed E-state index contributed by atoms with van der Waals surface area (Å²) in [6, 6.07) is 15.8. The van der Waals surface area contributed by atoms with Crippen LogP contribution >= 0.6 is 0 Å². The minimum atomic E-state index is -1.12. The monoisotopic (exact) mass is 511 g/mol. The standard InChI is InChI=1S/C29H33N7O2/c1-4-16-31-27(37)23-18-32-28(36-26(23)35-25-7-5-6-24(34-25)29(2,3)38)33-22-14-12-21(13-15-22)20-10-8-19(17-30)9-11-20/h4-7,12-15,18-20,38H,1,8-11,16H2,2-3H3,(H,31,37)(H2,32,33,34,35,36). The van der Waals surface area contributed by atoms with E-state index in [9.17, 15) is 9.90 Å². The van der Waals surface area contributed by atoms with Gasteiger partial charge in [-0.1, -0.05) is 24.3 Å². The fourth-order valence-corrected chi connectivity index (χ4v) is 4.45. The Morgan fingerprint density at radius 1 is 1.13 bits per heavy atom. The lowest BCUT2D eigenvalue weighted by molar-refractivity contribution is 0.0740. The molecule has 2 aromatic heterocycles. The van der Waals surface area contributed by atoms with Gasteiger partial charge in [0, 0.05) is 24.3 Å². The van der Waals surface area contributed by atoms with Crippen LogP contribution in [-0.4, -0.2) is 32.5 Å². The molecule has 0 bridgehead atoms. The highest BCUT2D eigenvalue weighted by Crippen LogP contribution is 2.36. The molecule has 0 aliphatic heterocycles. The molecule has 1 amide bonds. The molecule has 0 radical (unpaired) electrons. The van der Waals surface area contributed by atoms with Crippen molar-refractivity contribution in [3.05, 3.63) is 78.1 Å². The summed E-state index contributed by atoms with van der Waals surface area (Å²) in [5.41, 5.74) is 1.69. The number of nitrogens with zero attached hydrogens (tertiary/aromatic N) is 4. The number of amides is 1. The summed E-state index contributed by atoms with van der Waals surface area (Å²) in [7, 11) is 0. The number of nitriles is 1. The molecule has 9 nitrogen and oxygen atoms in total. The van der Waals surface area contributed by atoms with E-state index >= 15 is 0 Å². The zero-order chi connectivity index (χ0) is 27.1. The molecule has 2 heterocycles. The molecule has 0 atom stereocenters. The number of rotatable bonds is 9. The number of hydrogen-bond donors (Lipinski definition) is 4. The second-order valence-electron chi connectivity index (χ2n) is 9.97. The van der Waals surface area contributed by atoms with Gasteiger partial charge in [-0.15, -0.1) is 6.58 Å². The van der Waals surface area contributed by atoms with Crippen molar-refractivity contribution >= 4 is 29.2 Å². The molecule has 9 heteroatoms. The lowest BCUT2D eigenvalue weighted by atomic mass is 9.79. The second-order valence-corrected chi connectivity index (χ2v) is 9.97. The number of aromatic nitrogens is 3. The Morgan fingerprint density at radius 2 is 1.87 bits per heavy atom. The van der Waals surface area contributed by atoms with Gasteiger partial charge in [0.15, 0.2) is 0 Å². The number of aliphatic hydroxyl groups is 1. The normalized spacial score (nSPS) is 17.2. The molecule has 1 saturated carbocycles. The van der Waals surface area contributed by atoms with E-state index in [2.05, 4.69) is 55.7 Å². The first-order chi connectivity index (χ1) is 18.3. The van der Waals surface area contributed by atoms with Gasteiger partial charge in [0.05, 0.1) is 11.8 Å². The number of hydrogen-bond acceptors (Lipinski definition) is 8. The summed E-state index contributed by atoms with van der Waals surface area (Å²) < 4.78 is 0.